The number of hydrogen-bond donors (Lipinski definition) is 0. The molecule has 0 atom stereocenters. The lowest BCUT2D eigenvalue weighted by molar-refractivity contribution is 0.521. The first-order valence-corrected chi connectivity index (χ1v) is 27.8. The van der Waals surface area contributed by atoms with E-state index >= 15 is 0 Å². The summed E-state index contributed by atoms with van der Waals surface area (Å²) in [5, 5.41) is 5.14. The summed E-state index contributed by atoms with van der Waals surface area (Å²) in [6.45, 7) is 19.4. The van der Waals surface area contributed by atoms with Crippen molar-refractivity contribution in [2.24, 2.45) is 0 Å². The maximum Gasteiger partial charge on any atom is 0.0726 e. The predicted octanol–water partition coefficient (Wildman–Crippen LogP) is 18.7. The molecule has 0 fully saturated rings. The Labute approximate surface area is 451 Å². The molecule has 77 heavy (non-hydrogen) atoms. The van der Waals surface area contributed by atoms with Gasteiger partial charge in [-0.2, -0.15) is 0 Å². The number of aromatic nitrogens is 2. The topological polar surface area (TPSA) is 9.86 Å². The van der Waals surface area contributed by atoms with Crippen LogP contribution in [0.1, 0.15) is 133 Å². The smallest absolute Gasteiger partial charge is 0.0726 e. The highest BCUT2D eigenvalue weighted by Gasteiger charge is 2.50. The third kappa shape index (κ3) is 5.55. The van der Waals surface area contributed by atoms with Crippen LogP contribution in [0.4, 0.5) is 0 Å². The number of para-hydroxylation sites is 2. The van der Waals surface area contributed by atoms with Crippen molar-refractivity contribution in [3.05, 3.63) is 284 Å². The molecule has 0 unspecified atom stereocenters. The number of rotatable bonds is 2. The van der Waals surface area contributed by atoms with Crippen molar-refractivity contribution in [2.45, 2.75) is 82.5 Å². The third-order valence-electron chi connectivity index (χ3n) is 19.7. The minimum absolute atomic E-state index is 0.157. The van der Waals surface area contributed by atoms with Crippen LogP contribution in [0, 0.1) is 0 Å². The van der Waals surface area contributed by atoms with E-state index in [0.717, 1.165) is 11.4 Å². The van der Waals surface area contributed by atoms with Crippen LogP contribution in [0.2, 0.25) is 0 Å². The molecule has 370 valence electrons. The first-order valence-electron chi connectivity index (χ1n) is 27.8. The minimum Gasteiger partial charge on any atom is -0.309 e. The fourth-order valence-corrected chi connectivity index (χ4v) is 15.8. The van der Waals surface area contributed by atoms with Crippen LogP contribution in [0.25, 0.3) is 78.3 Å². The van der Waals surface area contributed by atoms with Crippen molar-refractivity contribution in [1.82, 2.24) is 9.13 Å². The Morgan fingerprint density at radius 1 is 0.247 bits per heavy atom. The van der Waals surface area contributed by atoms with E-state index in [2.05, 4.69) is 283 Å². The number of fused-ring (bicyclic) bond motifs is 19. The zero-order valence-corrected chi connectivity index (χ0v) is 45.2. The lowest BCUT2D eigenvalue weighted by Crippen LogP contribution is -2.36. The van der Waals surface area contributed by atoms with Gasteiger partial charge in [-0.05, 0) is 150 Å². The van der Waals surface area contributed by atoms with Gasteiger partial charge in [0.15, 0.2) is 0 Å². The van der Waals surface area contributed by atoms with Crippen molar-refractivity contribution in [3.8, 4) is 22.5 Å². The van der Waals surface area contributed by atoms with E-state index in [1.54, 1.807) is 0 Å². The SMILES string of the molecule is CC1(C)c2ccccc2C(C)(C)c2cc3c(cc21)c1ccccc1n3-c1ccc2c(c1)C1(c3cc(-n4c5ccccc5c5cc6c(cc54)C(C)(C)c4ccccc4C6(C)C)ccc3C=C2)c2ccccc2-c2ccccc21. The van der Waals surface area contributed by atoms with Crippen molar-refractivity contribution in [1.29, 1.82) is 0 Å². The van der Waals surface area contributed by atoms with E-state index in [0.29, 0.717) is 0 Å². The van der Waals surface area contributed by atoms with E-state index < -0.39 is 5.41 Å². The van der Waals surface area contributed by atoms with Crippen molar-refractivity contribution in [3.63, 3.8) is 0 Å². The standard InChI is InChI=1S/C75H60N2/c1-71(2)57-27-15-17-29-59(57)73(5,6)65-43-69-53(41-63(65)71)51-23-11-19-31-67(51)76(69)47-37-35-45-33-34-46-36-38-48(40-62(46)75(61(45)39-47)55-25-13-9-21-49(55)50-22-10-14-26-56(50)75)77-68-32-20-12-24-52(68)54-42-64-66(44-70(54)77)74(7,8)60-30-18-16-28-58(60)72(64,3)4/h9-44H,1-8H3. The maximum absolute atomic E-state index is 2.57. The Morgan fingerprint density at radius 3 is 0.961 bits per heavy atom. The predicted molar refractivity (Wildman–Crippen MR) is 323 cm³/mol. The summed E-state index contributed by atoms with van der Waals surface area (Å²) < 4.78 is 5.14. The Bertz CT molecular complexity index is 4340. The zero-order chi connectivity index (χ0) is 52.1. The molecule has 2 heterocycles. The van der Waals surface area contributed by atoms with Gasteiger partial charge in [-0.15, -0.1) is 0 Å². The van der Waals surface area contributed by atoms with Gasteiger partial charge in [0.1, 0.15) is 0 Å². The largest absolute Gasteiger partial charge is 0.309 e. The van der Waals surface area contributed by atoms with Crippen molar-refractivity contribution < 1.29 is 0 Å². The summed E-state index contributed by atoms with van der Waals surface area (Å²) >= 11 is 0. The monoisotopic (exact) mass is 988 g/mol. The van der Waals surface area contributed by atoms with Crippen LogP contribution in [0.5, 0.6) is 0 Å². The fraction of sp³-hybridized carbons (Fsp3) is 0.173. The molecule has 0 radical (unpaired) electrons. The van der Waals surface area contributed by atoms with Gasteiger partial charge in [0, 0.05) is 54.6 Å². The summed E-state index contributed by atoms with van der Waals surface area (Å²) in [4.78, 5) is 0. The van der Waals surface area contributed by atoms with Crippen LogP contribution in [0.15, 0.2) is 206 Å². The number of benzene rings is 10. The molecule has 2 aromatic heterocycles. The second-order valence-electron chi connectivity index (χ2n) is 24.8. The normalized spacial score (nSPS) is 17.0. The van der Waals surface area contributed by atoms with E-state index in [1.807, 2.05) is 0 Å². The Morgan fingerprint density at radius 2 is 0.571 bits per heavy atom. The second-order valence-corrected chi connectivity index (χ2v) is 24.8. The lowest BCUT2D eigenvalue weighted by atomic mass is 9.60. The number of hydrogen-bond acceptors (Lipinski definition) is 0. The van der Waals surface area contributed by atoms with Gasteiger partial charge in [0.05, 0.1) is 27.5 Å². The molecule has 12 aromatic rings. The van der Waals surface area contributed by atoms with Crippen LogP contribution < -0.4 is 0 Å². The van der Waals surface area contributed by atoms with Crippen molar-refractivity contribution >= 4 is 55.8 Å². The first kappa shape index (κ1) is 44.8. The number of nitrogens with zero attached hydrogens (tertiary/aromatic N) is 2. The molecule has 0 N–H and O–H groups in total. The van der Waals surface area contributed by atoms with E-state index in [1.165, 1.54) is 133 Å². The van der Waals surface area contributed by atoms with Crippen molar-refractivity contribution in [2.75, 3.05) is 0 Å². The molecule has 1 spiro atoms. The molecule has 4 aliphatic rings. The Kier molecular flexibility index (Phi) is 8.68. The highest BCUT2D eigenvalue weighted by Crippen LogP contribution is 2.60. The fourth-order valence-electron chi connectivity index (χ4n) is 15.8. The zero-order valence-electron chi connectivity index (χ0n) is 45.2. The van der Waals surface area contributed by atoms with Crippen LogP contribution >= 0.6 is 0 Å². The van der Waals surface area contributed by atoms with Gasteiger partial charge in [-0.3, -0.25) is 0 Å². The first-order chi connectivity index (χ1) is 37.2. The molecule has 0 saturated heterocycles. The molecule has 16 rings (SSSR count). The molecular formula is C75H60N2. The summed E-state index contributed by atoms with van der Waals surface area (Å²) in [6, 6.07) is 79.8. The van der Waals surface area contributed by atoms with E-state index in [4.69, 9.17) is 0 Å². The van der Waals surface area contributed by atoms with Gasteiger partial charge in [-0.25, -0.2) is 0 Å². The molecule has 10 aromatic carbocycles. The summed E-state index contributed by atoms with van der Waals surface area (Å²) in [5.41, 5.74) is 27.4. The molecule has 2 heteroatoms. The summed E-state index contributed by atoms with van der Waals surface area (Å²) in [7, 11) is 0. The Balaban J connectivity index is 0.973. The van der Waals surface area contributed by atoms with Gasteiger partial charge in [0.25, 0.3) is 0 Å². The highest BCUT2D eigenvalue weighted by atomic mass is 15.0. The Hall–Kier alpha value is -8.46. The van der Waals surface area contributed by atoms with E-state index in [9.17, 15) is 0 Å². The van der Waals surface area contributed by atoms with Crippen LogP contribution in [0.3, 0.4) is 0 Å². The molecular weight excluding hydrogens is 929 g/mol. The van der Waals surface area contributed by atoms with Gasteiger partial charge >= 0.3 is 0 Å². The van der Waals surface area contributed by atoms with Crippen LogP contribution in [-0.4, -0.2) is 9.13 Å². The van der Waals surface area contributed by atoms with Gasteiger partial charge in [0.2, 0.25) is 0 Å². The molecule has 0 saturated carbocycles. The van der Waals surface area contributed by atoms with Crippen LogP contribution in [-0.2, 0) is 27.1 Å². The molecule has 0 bridgehead atoms. The van der Waals surface area contributed by atoms with E-state index in [-0.39, 0.29) is 21.7 Å². The maximum atomic E-state index is 2.57. The van der Waals surface area contributed by atoms with Gasteiger partial charge in [-0.1, -0.05) is 213 Å². The summed E-state index contributed by atoms with van der Waals surface area (Å²) in [6.07, 6.45) is 4.77. The quantitative estimate of drug-likeness (QED) is 0.163. The summed E-state index contributed by atoms with van der Waals surface area (Å²) in [5.74, 6) is 0. The molecule has 4 aliphatic carbocycles. The van der Waals surface area contributed by atoms with Gasteiger partial charge < -0.3 is 9.13 Å². The molecule has 0 aliphatic heterocycles. The average molecular weight is 989 g/mol. The second kappa shape index (κ2) is 14.9. The third-order valence-corrected chi connectivity index (χ3v) is 19.7. The highest BCUT2D eigenvalue weighted by molar-refractivity contribution is 6.11. The average Bonchev–Trinajstić information content (AvgIpc) is 4.09. The minimum atomic E-state index is -0.658. The lowest BCUT2D eigenvalue weighted by Gasteiger charge is -2.44. The molecule has 0 amide bonds. The molecule has 2 nitrogen and oxygen atoms in total.